The van der Waals surface area contributed by atoms with E-state index in [2.05, 4.69) is 42.0 Å². The van der Waals surface area contributed by atoms with E-state index in [1.807, 2.05) is 24.3 Å². The molecule has 20 heavy (non-hydrogen) atoms. The average Bonchev–Trinajstić information content (AvgIpc) is 2.89. The van der Waals surface area contributed by atoms with Crippen LogP contribution in [0.4, 0.5) is 0 Å². The van der Waals surface area contributed by atoms with Gasteiger partial charge in [-0.1, -0.05) is 37.0 Å². The first-order valence-electron chi connectivity index (χ1n) is 5.72. The molecule has 0 aliphatic carbocycles. The van der Waals surface area contributed by atoms with Crippen molar-refractivity contribution in [2.45, 2.75) is 0 Å². The number of hydrogen-bond acceptors (Lipinski definition) is 4. The second kappa shape index (κ2) is 5.38. The highest BCUT2D eigenvalue weighted by Gasteiger charge is 2.14. The molecule has 0 saturated heterocycles. The van der Waals surface area contributed by atoms with Gasteiger partial charge >= 0.3 is 0 Å². The van der Waals surface area contributed by atoms with Gasteiger partial charge in [0.2, 0.25) is 5.82 Å². The molecule has 0 radical (unpaired) electrons. The number of nitrogens with zero attached hydrogens (tertiary/aromatic N) is 2. The van der Waals surface area contributed by atoms with E-state index in [1.54, 1.807) is 18.2 Å². The third kappa shape index (κ3) is 2.62. The molecule has 1 heterocycles. The van der Waals surface area contributed by atoms with E-state index in [-0.39, 0.29) is 11.6 Å². The molecule has 2 aromatic carbocycles. The maximum absolute atomic E-state index is 9.90. The Morgan fingerprint density at radius 1 is 0.950 bits per heavy atom. The van der Waals surface area contributed by atoms with Crippen molar-refractivity contribution in [3.8, 4) is 28.6 Å². The molecule has 0 aliphatic heterocycles. The number of phenolic OH excluding ortho intramolecular Hbond substituents is 1. The van der Waals surface area contributed by atoms with Gasteiger partial charge < -0.3 is 9.63 Å². The van der Waals surface area contributed by atoms with Gasteiger partial charge in [-0.25, -0.2) is 0 Å². The fraction of sp³-hybridized carbons (Fsp3) is 0. The van der Waals surface area contributed by atoms with Crippen LogP contribution in [0.1, 0.15) is 0 Å². The van der Waals surface area contributed by atoms with Gasteiger partial charge in [0, 0.05) is 14.5 Å². The Bertz CT molecular complexity index is 754. The van der Waals surface area contributed by atoms with Crippen molar-refractivity contribution in [3.63, 3.8) is 0 Å². The third-order valence-corrected chi connectivity index (χ3v) is 3.74. The van der Waals surface area contributed by atoms with Gasteiger partial charge in [-0.2, -0.15) is 4.98 Å². The Morgan fingerprint density at radius 3 is 2.35 bits per heavy atom. The standard InChI is InChI=1S/C14H8Br2N2O2/c15-9-3-1-8(2-4-9)13-17-14(20-18-13)11-6-5-10(16)7-12(11)19/h1-7,19H. The fourth-order valence-corrected chi connectivity index (χ4v) is 2.35. The fourth-order valence-electron chi connectivity index (χ4n) is 1.73. The second-order valence-electron chi connectivity index (χ2n) is 4.09. The number of phenols is 1. The van der Waals surface area contributed by atoms with E-state index in [4.69, 9.17) is 4.52 Å². The van der Waals surface area contributed by atoms with Crippen molar-refractivity contribution in [2.75, 3.05) is 0 Å². The van der Waals surface area contributed by atoms with Crippen molar-refractivity contribution >= 4 is 31.9 Å². The highest BCUT2D eigenvalue weighted by Crippen LogP contribution is 2.31. The van der Waals surface area contributed by atoms with E-state index in [0.29, 0.717) is 11.4 Å². The summed E-state index contributed by atoms with van der Waals surface area (Å²) in [7, 11) is 0. The minimum atomic E-state index is 0.0883. The quantitative estimate of drug-likeness (QED) is 0.686. The van der Waals surface area contributed by atoms with E-state index in [1.165, 1.54) is 0 Å². The lowest BCUT2D eigenvalue weighted by atomic mass is 10.2. The van der Waals surface area contributed by atoms with Crippen LogP contribution in [0, 0.1) is 0 Å². The first-order chi connectivity index (χ1) is 9.63. The smallest absolute Gasteiger partial charge is 0.261 e. The molecule has 0 aliphatic rings. The lowest BCUT2D eigenvalue weighted by Crippen LogP contribution is -1.82. The van der Waals surface area contributed by atoms with Gasteiger partial charge in [-0.15, -0.1) is 0 Å². The third-order valence-electron chi connectivity index (χ3n) is 2.72. The molecule has 3 aromatic rings. The lowest BCUT2D eigenvalue weighted by molar-refractivity contribution is 0.425. The molecular formula is C14H8Br2N2O2. The SMILES string of the molecule is Oc1cc(Br)ccc1-c1nc(-c2ccc(Br)cc2)no1. The van der Waals surface area contributed by atoms with Gasteiger partial charge in [-0.05, 0) is 42.5 Å². The van der Waals surface area contributed by atoms with Crippen LogP contribution < -0.4 is 0 Å². The number of benzene rings is 2. The molecule has 4 nitrogen and oxygen atoms in total. The summed E-state index contributed by atoms with van der Waals surface area (Å²) in [4.78, 5) is 4.30. The molecule has 100 valence electrons. The Labute approximate surface area is 131 Å². The van der Waals surface area contributed by atoms with E-state index in [0.717, 1.165) is 14.5 Å². The van der Waals surface area contributed by atoms with Crippen LogP contribution in [0.2, 0.25) is 0 Å². The molecule has 3 rings (SSSR count). The number of aromatic nitrogens is 2. The van der Waals surface area contributed by atoms with Crippen LogP contribution in [0.15, 0.2) is 55.9 Å². The summed E-state index contributed by atoms with van der Waals surface area (Å²) >= 11 is 6.66. The molecule has 0 bridgehead atoms. The summed E-state index contributed by atoms with van der Waals surface area (Å²) < 4.78 is 6.97. The highest BCUT2D eigenvalue weighted by atomic mass is 79.9. The van der Waals surface area contributed by atoms with E-state index >= 15 is 0 Å². The Morgan fingerprint density at radius 2 is 1.65 bits per heavy atom. The predicted molar refractivity (Wildman–Crippen MR) is 82.2 cm³/mol. The molecule has 6 heteroatoms. The Balaban J connectivity index is 1.99. The topological polar surface area (TPSA) is 59.2 Å². The van der Waals surface area contributed by atoms with Crippen molar-refractivity contribution in [3.05, 3.63) is 51.4 Å². The molecule has 0 spiro atoms. The zero-order valence-electron chi connectivity index (χ0n) is 10.0. The van der Waals surface area contributed by atoms with Crippen LogP contribution in [0.5, 0.6) is 5.75 Å². The van der Waals surface area contributed by atoms with Crippen molar-refractivity contribution in [2.24, 2.45) is 0 Å². The Hall–Kier alpha value is -1.66. The number of aromatic hydroxyl groups is 1. The van der Waals surface area contributed by atoms with Gasteiger partial charge in [0.25, 0.3) is 5.89 Å². The van der Waals surface area contributed by atoms with Crippen molar-refractivity contribution in [1.29, 1.82) is 0 Å². The molecule has 0 atom stereocenters. The van der Waals surface area contributed by atoms with Crippen LogP contribution >= 0.6 is 31.9 Å². The van der Waals surface area contributed by atoms with Gasteiger partial charge in [-0.3, -0.25) is 0 Å². The van der Waals surface area contributed by atoms with Crippen molar-refractivity contribution < 1.29 is 9.63 Å². The second-order valence-corrected chi connectivity index (χ2v) is 5.92. The molecule has 0 fully saturated rings. The molecule has 0 saturated carbocycles. The first kappa shape index (κ1) is 13.3. The molecule has 1 N–H and O–H groups in total. The first-order valence-corrected chi connectivity index (χ1v) is 7.30. The molecule has 1 aromatic heterocycles. The minimum absolute atomic E-state index is 0.0883. The number of halogens is 2. The summed E-state index contributed by atoms with van der Waals surface area (Å²) in [6, 6.07) is 12.7. The zero-order chi connectivity index (χ0) is 14.1. The summed E-state index contributed by atoms with van der Waals surface area (Å²) in [5.41, 5.74) is 1.35. The molecular weight excluding hydrogens is 388 g/mol. The van der Waals surface area contributed by atoms with E-state index in [9.17, 15) is 5.11 Å². The van der Waals surface area contributed by atoms with Gasteiger partial charge in [0.15, 0.2) is 0 Å². The van der Waals surface area contributed by atoms with Crippen LogP contribution in [0.3, 0.4) is 0 Å². The van der Waals surface area contributed by atoms with Crippen LogP contribution in [-0.4, -0.2) is 15.2 Å². The van der Waals surface area contributed by atoms with Gasteiger partial charge in [0.1, 0.15) is 5.75 Å². The summed E-state index contributed by atoms with van der Waals surface area (Å²) in [5, 5.41) is 13.8. The van der Waals surface area contributed by atoms with Gasteiger partial charge in [0.05, 0.1) is 5.56 Å². The average molecular weight is 396 g/mol. The maximum atomic E-state index is 9.90. The summed E-state index contributed by atoms with van der Waals surface area (Å²) in [6.45, 7) is 0. The zero-order valence-corrected chi connectivity index (χ0v) is 13.2. The minimum Gasteiger partial charge on any atom is -0.507 e. The predicted octanol–water partition coefficient (Wildman–Crippen LogP) is 4.63. The summed E-state index contributed by atoms with van der Waals surface area (Å²) in [6.07, 6.45) is 0. The highest BCUT2D eigenvalue weighted by molar-refractivity contribution is 9.10. The maximum Gasteiger partial charge on any atom is 0.261 e. The molecule has 0 amide bonds. The lowest BCUT2D eigenvalue weighted by Gasteiger charge is -1.99. The normalized spacial score (nSPS) is 10.7. The molecule has 0 unspecified atom stereocenters. The number of rotatable bonds is 2. The van der Waals surface area contributed by atoms with Crippen LogP contribution in [0.25, 0.3) is 22.8 Å². The summed E-state index contributed by atoms with van der Waals surface area (Å²) in [5.74, 6) is 0.855. The Kier molecular flexibility index (Phi) is 3.58. The number of hydrogen-bond donors (Lipinski definition) is 1. The largest absolute Gasteiger partial charge is 0.507 e. The van der Waals surface area contributed by atoms with Crippen LogP contribution in [-0.2, 0) is 0 Å². The van der Waals surface area contributed by atoms with E-state index < -0.39 is 0 Å². The van der Waals surface area contributed by atoms with Crippen molar-refractivity contribution in [1.82, 2.24) is 10.1 Å². The monoisotopic (exact) mass is 394 g/mol.